The monoisotopic (exact) mass is 462 g/mol. The lowest BCUT2D eigenvalue weighted by atomic mass is 10.1. The Bertz CT molecular complexity index is 1220. The van der Waals surface area contributed by atoms with Crippen molar-refractivity contribution in [2.24, 2.45) is 5.92 Å². The quantitative estimate of drug-likeness (QED) is 0.542. The maximum atomic E-state index is 12.6. The van der Waals surface area contributed by atoms with Crippen LogP contribution in [0, 0.1) is 19.8 Å². The van der Waals surface area contributed by atoms with Gasteiger partial charge in [-0.05, 0) is 38.1 Å². The SMILES string of the molecule is COc1ccccc1N1C[C@H](C(=O)OCC(=O)Nc2c(C)nn(-c3ccccc3)c2C)CC1=O. The molecule has 0 radical (unpaired) electrons. The van der Waals surface area contributed by atoms with E-state index in [0.717, 1.165) is 11.4 Å². The zero-order valence-corrected chi connectivity index (χ0v) is 19.3. The van der Waals surface area contributed by atoms with Crippen LogP contribution in [0.4, 0.5) is 11.4 Å². The number of hydrogen-bond acceptors (Lipinski definition) is 6. The zero-order chi connectivity index (χ0) is 24.2. The van der Waals surface area contributed by atoms with Crippen molar-refractivity contribution in [1.82, 2.24) is 9.78 Å². The van der Waals surface area contributed by atoms with E-state index >= 15 is 0 Å². The fourth-order valence-corrected chi connectivity index (χ4v) is 4.03. The minimum Gasteiger partial charge on any atom is -0.495 e. The molecule has 1 fully saturated rings. The summed E-state index contributed by atoms with van der Waals surface area (Å²) in [4.78, 5) is 39.1. The van der Waals surface area contributed by atoms with E-state index in [-0.39, 0.29) is 18.9 Å². The van der Waals surface area contributed by atoms with E-state index in [9.17, 15) is 14.4 Å². The van der Waals surface area contributed by atoms with Crippen LogP contribution in [-0.4, -0.2) is 47.8 Å². The summed E-state index contributed by atoms with van der Waals surface area (Å²) < 4.78 is 12.3. The van der Waals surface area contributed by atoms with Crippen molar-refractivity contribution in [2.45, 2.75) is 20.3 Å². The average Bonchev–Trinajstić information content (AvgIpc) is 3.37. The molecule has 1 aromatic heterocycles. The van der Waals surface area contributed by atoms with Crippen LogP contribution >= 0.6 is 0 Å². The normalized spacial score (nSPS) is 15.3. The number of ether oxygens (including phenoxy) is 2. The number of aromatic nitrogens is 2. The zero-order valence-electron chi connectivity index (χ0n) is 19.3. The fraction of sp³-hybridized carbons (Fsp3) is 0.280. The van der Waals surface area contributed by atoms with Crippen molar-refractivity contribution in [2.75, 3.05) is 30.5 Å². The summed E-state index contributed by atoms with van der Waals surface area (Å²) >= 11 is 0. The minimum atomic E-state index is -0.658. The maximum absolute atomic E-state index is 12.6. The molecule has 1 aliphatic rings. The Labute approximate surface area is 197 Å². The Balaban J connectivity index is 1.36. The second-order valence-corrected chi connectivity index (χ2v) is 8.03. The van der Waals surface area contributed by atoms with Crippen molar-refractivity contribution in [3.05, 3.63) is 66.0 Å². The van der Waals surface area contributed by atoms with E-state index < -0.39 is 24.4 Å². The third-order valence-electron chi connectivity index (χ3n) is 5.74. The number of aryl methyl sites for hydroxylation is 1. The molecule has 1 aliphatic heterocycles. The molecular formula is C25H26N4O5. The Hall–Kier alpha value is -4.14. The van der Waals surface area contributed by atoms with Gasteiger partial charge in [-0.15, -0.1) is 0 Å². The maximum Gasteiger partial charge on any atom is 0.311 e. The highest BCUT2D eigenvalue weighted by Gasteiger charge is 2.37. The van der Waals surface area contributed by atoms with Gasteiger partial charge in [0, 0.05) is 13.0 Å². The number of esters is 1. The number of carbonyl (C=O) groups is 3. The predicted octanol–water partition coefficient (Wildman–Crippen LogP) is 3.03. The average molecular weight is 463 g/mol. The van der Waals surface area contributed by atoms with Crippen LogP contribution in [0.25, 0.3) is 5.69 Å². The van der Waals surface area contributed by atoms with Gasteiger partial charge in [-0.2, -0.15) is 5.10 Å². The number of methoxy groups -OCH3 is 1. The Kier molecular flexibility index (Phi) is 6.62. The summed E-state index contributed by atoms with van der Waals surface area (Å²) in [6, 6.07) is 16.7. The Morgan fingerprint density at radius 2 is 1.79 bits per heavy atom. The first kappa shape index (κ1) is 23.0. The number of amides is 2. The molecule has 3 aromatic rings. The highest BCUT2D eigenvalue weighted by Crippen LogP contribution is 2.33. The molecule has 34 heavy (non-hydrogen) atoms. The van der Waals surface area contributed by atoms with Crippen molar-refractivity contribution in [3.63, 3.8) is 0 Å². The van der Waals surface area contributed by atoms with E-state index in [1.807, 2.05) is 37.3 Å². The highest BCUT2D eigenvalue weighted by atomic mass is 16.5. The molecule has 2 heterocycles. The summed E-state index contributed by atoms with van der Waals surface area (Å²) in [6.45, 7) is 3.37. The topological polar surface area (TPSA) is 103 Å². The van der Waals surface area contributed by atoms with Crippen molar-refractivity contribution >= 4 is 29.2 Å². The second kappa shape index (κ2) is 9.78. The number of nitrogens with zero attached hydrogens (tertiary/aromatic N) is 3. The number of carbonyl (C=O) groups excluding carboxylic acids is 3. The van der Waals surface area contributed by atoms with Gasteiger partial charge in [-0.25, -0.2) is 4.68 Å². The minimum absolute atomic E-state index is 0.0144. The van der Waals surface area contributed by atoms with Gasteiger partial charge in [-0.3, -0.25) is 14.4 Å². The molecule has 1 saturated heterocycles. The second-order valence-electron chi connectivity index (χ2n) is 8.03. The summed E-state index contributed by atoms with van der Waals surface area (Å²) in [5.41, 5.74) is 3.46. The summed E-state index contributed by atoms with van der Waals surface area (Å²) in [6.07, 6.45) is 0.0144. The summed E-state index contributed by atoms with van der Waals surface area (Å²) in [7, 11) is 1.52. The molecule has 0 bridgehead atoms. The summed E-state index contributed by atoms with van der Waals surface area (Å²) in [5, 5.41) is 7.27. The molecule has 0 saturated carbocycles. The van der Waals surface area contributed by atoms with E-state index in [0.29, 0.717) is 22.8 Å². The van der Waals surface area contributed by atoms with Crippen LogP contribution in [-0.2, 0) is 19.1 Å². The third kappa shape index (κ3) is 4.63. The smallest absolute Gasteiger partial charge is 0.311 e. The molecule has 0 unspecified atom stereocenters. The fourth-order valence-electron chi connectivity index (χ4n) is 4.03. The van der Waals surface area contributed by atoms with Crippen LogP contribution in [0.5, 0.6) is 5.75 Å². The third-order valence-corrected chi connectivity index (χ3v) is 5.74. The van der Waals surface area contributed by atoms with Crippen LogP contribution in [0.1, 0.15) is 17.8 Å². The molecule has 1 N–H and O–H groups in total. The largest absolute Gasteiger partial charge is 0.495 e. The molecular weight excluding hydrogens is 436 g/mol. The van der Waals surface area contributed by atoms with Gasteiger partial charge in [0.2, 0.25) is 5.91 Å². The van der Waals surface area contributed by atoms with Crippen molar-refractivity contribution < 1.29 is 23.9 Å². The van der Waals surface area contributed by atoms with Gasteiger partial charge < -0.3 is 19.7 Å². The number of para-hydroxylation sites is 3. The van der Waals surface area contributed by atoms with Crippen molar-refractivity contribution in [3.8, 4) is 11.4 Å². The first-order valence-corrected chi connectivity index (χ1v) is 10.9. The molecule has 176 valence electrons. The molecule has 0 spiro atoms. The van der Waals surface area contributed by atoms with Gasteiger partial charge in [0.15, 0.2) is 6.61 Å². The van der Waals surface area contributed by atoms with E-state index in [4.69, 9.17) is 9.47 Å². The first-order valence-electron chi connectivity index (χ1n) is 10.9. The molecule has 9 nitrogen and oxygen atoms in total. The lowest BCUT2D eigenvalue weighted by molar-refractivity contribution is -0.151. The van der Waals surface area contributed by atoms with Gasteiger partial charge in [0.05, 0.1) is 41.5 Å². The van der Waals surface area contributed by atoms with Crippen LogP contribution < -0.4 is 15.0 Å². The first-order chi connectivity index (χ1) is 16.4. The number of hydrogen-bond donors (Lipinski definition) is 1. The van der Waals surface area contributed by atoms with Gasteiger partial charge in [-0.1, -0.05) is 30.3 Å². The summed E-state index contributed by atoms with van der Waals surface area (Å²) in [5.74, 6) is -1.37. The van der Waals surface area contributed by atoms with Gasteiger partial charge in [0.25, 0.3) is 5.91 Å². The molecule has 9 heteroatoms. The molecule has 4 rings (SSSR count). The highest BCUT2D eigenvalue weighted by molar-refractivity contribution is 6.01. The van der Waals surface area contributed by atoms with Gasteiger partial charge in [0.1, 0.15) is 5.75 Å². The molecule has 1 atom stereocenters. The van der Waals surface area contributed by atoms with E-state index in [2.05, 4.69) is 10.4 Å². The lowest BCUT2D eigenvalue weighted by Gasteiger charge is -2.19. The lowest BCUT2D eigenvalue weighted by Crippen LogP contribution is -2.28. The van der Waals surface area contributed by atoms with Crippen LogP contribution in [0.2, 0.25) is 0 Å². The van der Waals surface area contributed by atoms with Crippen LogP contribution in [0.3, 0.4) is 0 Å². The number of benzene rings is 2. The van der Waals surface area contributed by atoms with Crippen molar-refractivity contribution in [1.29, 1.82) is 0 Å². The van der Waals surface area contributed by atoms with Crippen LogP contribution in [0.15, 0.2) is 54.6 Å². The molecule has 2 aromatic carbocycles. The molecule has 0 aliphatic carbocycles. The standard InChI is InChI=1S/C25H26N4O5/c1-16-24(17(2)29(27-16)19-9-5-4-6-10-19)26-22(30)15-34-25(32)18-13-23(31)28(14-18)20-11-7-8-12-21(20)33-3/h4-12,18H,13-15H2,1-3H3,(H,26,30)/t18-/m1/s1. The predicted molar refractivity (Wildman–Crippen MR) is 126 cm³/mol. The number of rotatable bonds is 7. The van der Waals surface area contributed by atoms with Gasteiger partial charge >= 0.3 is 5.97 Å². The number of anilines is 2. The Morgan fingerprint density at radius 3 is 2.53 bits per heavy atom. The van der Waals surface area contributed by atoms with E-state index in [1.165, 1.54) is 12.0 Å². The number of nitrogens with one attached hydrogen (secondary N) is 1. The molecule has 2 amide bonds. The Morgan fingerprint density at radius 1 is 1.09 bits per heavy atom. The van der Waals surface area contributed by atoms with E-state index in [1.54, 1.807) is 35.9 Å².